The number of benzene rings is 2. The highest BCUT2D eigenvalue weighted by molar-refractivity contribution is 6.31. The van der Waals surface area contributed by atoms with Gasteiger partial charge in [0.05, 0.1) is 6.10 Å². The van der Waals surface area contributed by atoms with Crippen LogP contribution in [-0.4, -0.2) is 5.11 Å². The van der Waals surface area contributed by atoms with E-state index < -0.39 is 11.9 Å². The molecule has 0 spiro atoms. The third-order valence-electron chi connectivity index (χ3n) is 3.41. The van der Waals surface area contributed by atoms with Gasteiger partial charge in [0.25, 0.3) is 0 Å². The largest absolute Gasteiger partial charge is 0.388 e. The van der Waals surface area contributed by atoms with E-state index in [0.29, 0.717) is 12.3 Å². The van der Waals surface area contributed by atoms with Gasteiger partial charge in [0.1, 0.15) is 5.82 Å². The molecule has 1 nitrogen and oxygen atoms in total. The Bertz CT molecular complexity index is 558. The van der Waals surface area contributed by atoms with Crippen LogP contribution in [0, 0.1) is 5.82 Å². The van der Waals surface area contributed by atoms with Crippen molar-refractivity contribution in [1.29, 1.82) is 0 Å². The fourth-order valence-electron chi connectivity index (χ4n) is 2.19. The zero-order chi connectivity index (χ0) is 14.7. The molecule has 3 heteroatoms. The lowest BCUT2D eigenvalue weighted by atomic mass is 9.97. The van der Waals surface area contributed by atoms with Crippen molar-refractivity contribution in [2.45, 2.75) is 32.3 Å². The van der Waals surface area contributed by atoms with Crippen LogP contribution in [0.1, 0.15) is 42.6 Å². The maximum atomic E-state index is 13.7. The average Bonchev–Trinajstić information content (AvgIpc) is 2.39. The third-order valence-corrected chi connectivity index (χ3v) is 3.74. The van der Waals surface area contributed by atoms with Crippen LogP contribution in [0.3, 0.4) is 0 Å². The van der Waals surface area contributed by atoms with E-state index in [4.69, 9.17) is 11.6 Å². The maximum absolute atomic E-state index is 13.7. The first kappa shape index (κ1) is 15.0. The Kier molecular flexibility index (Phi) is 4.79. The molecule has 0 radical (unpaired) electrons. The number of halogens is 2. The standard InChI is InChI=1S/C17H18ClFO/c1-11(2)13-8-6-12(7-9-13)10-16(20)17-14(18)4-3-5-15(17)19/h3-9,11,16,20H,10H2,1-2H3. The highest BCUT2D eigenvalue weighted by Crippen LogP contribution is 2.28. The van der Waals surface area contributed by atoms with Crippen LogP contribution in [0.4, 0.5) is 4.39 Å². The highest BCUT2D eigenvalue weighted by atomic mass is 35.5. The predicted molar refractivity (Wildman–Crippen MR) is 80.6 cm³/mol. The number of aliphatic hydroxyl groups is 1. The van der Waals surface area contributed by atoms with E-state index in [1.54, 1.807) is 6.07 Å². The van der Waals surface area contributed by atoms with Crippen LogP contribution >= 0.6 is 11.6 Å². The van der Waals surface area contributed by atoms with Crippen molar-refractivity contribution in [3.63, 3.8) is 0 Å². The molecule has 1 unspecified atom stereocenters. The quantitative estimate of drug-likeness (QED) is 0.851. The van der Waals surface area contributed by atoms with Gasteiger partial charge in [0.2, 0.25) is 0 Å². The molecule has 0 heterocycles. The molecule has 1 atom stereocenters. The molecule has 0 amide bonds. The molecule has 0 bridgehead atoms. The van der Waals surface area contributed by atoms with Gasteiger partial charge in [-0.1, -0.05) is 55.8 Å². The maximum Gasteiger partial charge on any atom is 0.130 e. The van der Waals surface area contributed by atoms with E-state index in [9.17, 15) is 9.50 Å². The van der Waals surface area contributed by atoms with E-state index in [0.717, 1.165) is 5.56 Å². The summed E-state index contributed by atoms with van der Waals surface area (Å²) in [6, 6.07) is 12.4. The van der Waals surface area contributed by atoms with E-state index in [1.807, 2.05) is 24.3 Å². The molecular formula is C17H18ClFO. The molecule has 1 N–H and O–H groups in total. The molecule has 106 valence electrons. The lowest BCUT2D eigenvalue weighted by Gasteiger charge is -2.14. The first-order chi connectivity index (χ1) is 9.49. The Morgan fingerprint density at radius 2 is 1.75 bits per heavy atom. The Morgan fingerprint density at radius 1 is 1.10 bits per heavy atom. The molecule has 2 rings (SSSR count). The van der Waals surface area contributed by atoms with Crippen LogP contribution in [0.25, 0.3) is 0 Å². The van der Waals surface area contributed by atoms with Gasteiger partial charge >= 0.3 is 0 Å². The number of hydrogen-bond donors (Lipinski definition) is 1. The van der Waals surface area contributed by atoms with Crippen molar-refractivity contribution >= 4 is 11.6 Å². The monoisotopic (exact) mass is 292 g/mol. The molecule has 2 aromatic rings. The minimum absolute atomic E-state index is 0.169. The summed E-state index contributed by atoms with van der Waals surface area (Å²) in [6.45, 7) is 4.26. The molecule has 2 aromatic carbocycles. The Hall–Kier alpha value is -1.38. The second-order valence-corrected chi connectivity index (χ2v) is 5.66. The highest BCUT2D eigenvalue weighted by Gasteiger charge is 2.17. The van der Waals surface area contributed by atoms with E-state index in [1.165, 1.54) is 17.7 Å². The second kappa shape index (κ2) is 6.38. The van der Waals surface area contributed by atoms with Gasteiger partial charge in [-0.2, -0.15) is 0 Å². The molecule has 0 fully saturated rings. The summed E-state index contributed by atoms with van der Waals surface area (Å²) >= 11 is 5.96. The number of hydrogen-bond acceptors (Lipinski definition) is 1. The van der Waals surface area contributed by atoms with Crippen molar-refractivity contribution in [3.8, 4) is 0 Å². The van der Waals surface area contributed by atoms with Crippen LogP contribution in [0.15, 0.2) is 42.5 Å². The van der Waals surface area contributed by atoms with Crippen molar-refractivity contribution in [1.82, 2.24) is 0 Å². The average molecular weight is 293 g/mol. The smallest absolute Gasteiger partial charge is 0.130 e. The number of aliphatic hydroxyl groups excluding tert-OH is 1. The predicted octanol–water partition coefficient (Wildman–Crippen LogP) is 4.88. The van der Waals surface area contributed by atoms with E-state index in [-0.39, 0.29) is 10.6 Å². The first-order valence-electron chi connectivity index (χ1n) is 6.70. The van der Waals surface area contributed by atoms with Gasteiger partial charge in [-0.05, 0) is 29.2 Å². The molecule has 0 aliphatic rings. The van der Waals surface area contributed by atoms with Crippen LogP contribution in [-0.2, 0) is 6.42 Å². The van der Waals surface area contributed by atoms with Gasteiger partial charge in [0.15, 0.2) is 0 Å². The van der Waals surface area contributed by atoms with Crippen LogP contribution in [0.2, 0.25) is 5.02 Å². The summed E-state index contributed by atoms with van der Waals surface area (Å²) in [6.07, 6.45) is -0.590. The molecule has 0 saturated carbocycles. The second-order valence-electron chi connectivity index (χ2n) is 5.25. The summed E-state index contributed by atoms with van der Waals surface area (Å²) in [5, 5.41) is 10.5. The molecular weight excluding hydrogens is 275 g/mol. The minimum atomic E-state index is -0.936. The fourth-order valence-corrected chi connectivity index (χ4v) is 2.48. The first-order valence-corrected chi connectivity index (χ1v) is 7.07. The third kappa shape index (κ3) is 3.38. The zero-order valence-electron chi connectivity index (χ0n) is 11.6. The number of rotatable bonds is 4. The van der Waals surface area contributed by atoms with Gasteiger partial charge in [-0.3, -0.25) is 0 Å². The summed E-state index contributed by atoms with van der Waals surface area (Å²) in [5.74, 6) is -0.00112. The van der Waals surface area contributed by atoms with Gasteiger partial charge in [-0.25, -0.2) is 4.39 Å². The molecule has 0 aromatic heterocycles. The van der Waals surface area contributed by atoms with Gasteiger partial charge < -0.3 is 5.11 Å². The van der Waals surface area contributed by atoms with Gasteiger partial charge in [-0.15, -0.1) is 0 Å². The molecule has 0 aliphatic heterocycles. The summed E-state index contributed by atoms with van der Waals surface area (Å²) in [4.78, 5) is 0. The Morgan fingerprint density at radius 3 is 2.30 bits per heavy atom. The molecule has 0 saturated heterocycles. The fraction of sp³-hybridized carbons (Fsp3) is 0.294. The van der Waals surface area contributed by atoms with E-state index >= 15 is 0 Å². The normalized spacial score (nSPS) is 12.7. The SMILES string of the molecule is CC(C)c1ccc(CC(O)c2c(F)cccc2Cl)cc1. The Labute approximate surface area is 124 Å². The van der Waals surface area contributed by atoms with Crippen molar-refractivity contribution < 1.29 is 9.50 Å². The van der Waals surface area contributed by atoms with Crippen LogP contribution < -0.4 is 0 Å². The lowest BCUT2D eigenvalue weighted by Crippen LogP contribution is -2.05. The zero-order valence-corrected chi connectivity index (χ0v) is 12.4. The van der Waals surface area contributed by atoms with Gasteiger partial charge in [0, 0.05) is 17.0 Å². The van der Waals surface area contributed by atoms with Crippen molar-refractivity contribution in [2.24, 2.45) is 0 Å². The topological polar surface area (TPSA) is 20.2 Å². The van der Waals surface area contributed by atoms with E-state index in [2.05, 4.69) is 13.8 Å². The van der Waals surface area contributed by atoms with Crippen molar-refractivity contribution in [3.05, 3.63) is 70.0 Å². The summed E-state index contributed by atoms with van der Waals surface area (Å²) in [7, 11) is 0. The Balaban J connectivity index is 2.17. The molecule has 0 aliphatic carbocycles. The summed E-state index contributed by atoms with van der Waals surface area (Å²) < 4.78 is 13.7. The summed E-state index contributed by atoms with van der Waals surface area (Å²) in [5.41, 5.74) is 2.37. The van der Waals surface area contributed by atoms with Crippen LogP contribution in [0.5, 0.6) is 0 Å². The molecule has 20 heavy (non-hydrogen) atoms. The minimum Gasteiger partial charge on any atom is -0.388 e. The lowest BCUT2D eigenvalue weighted by molar-refractivity contribution is 0.174. The van der Waals surface area contributed by atoms with Crippen molar-refractivity contribution in [2.75, 3.05) is 0 Å².